The lowest BCUT2D eigenvalue weighted by Gasteiger charge is -2.12. The van der Waals surface area contributed by atoms with Gasteiger partial charge < -0.3 is 4.74 Å². The average Bonchev–Trinajstić information content (AvgIpc) is 2.72. The number of nitrogens with zero attached hydrogens (tertiary/aromatic N) is 1. The van der Waals surface area contributed by atoms with Gasteiger partial charge in [-0.15, -0.1) is 0 Å². The molecule has 6 nitrogen and oxygen atoms in total. The average molecular weight is 295 g/mol. The summed E-state index contributed by atoms with van der Waals surface area (Å²) in [5.41, 5.74) is 1.35. The van der Waals surface area contributed by atoms with E-state index in [1.54, 1.807) is 38.1 Å². The summed E-state index contributed by atoms with van der Waals surface area (Å²) in [6.45, 7) is 5.62. The van der Waals surface area contributed by atoms with Crippen LogP contribution >= 0.6 is 0 Å². The molecule has 0 amide bonds. The van der Waals surface area contributed by atoms with Gasteiger partial charge in [-0.3, -0.25) is 9.82 Å². The summed E-state index contributed by atoms with van der Waals surface area (Å²) in [5.74, 6) is 0.498. The Labute approximate surface area is 118 Å². The van der Waals surface area contributed by atoms with E-state index in [0.717, 1.165) is 0 Å². The van der Waals surface area contributed by atoms with Gasteiger partial charge in [-0.25, -0.2) is 8.42 Å². The Morgan fingerprint density at radius 3 is 2.60 bits per heavy atom. The van der Waals surface area contributed by atoms with Crippen molar-refractivity contribution in [3.05, 3.63) is 35.7 Å². The van der Waals surface area contributed by atoms with Crippen LogP contribution in [0.3, 0.4) is 0 Å². The van der Waals surface area contributed by atoms with Crippen LogP contribution in [0.15, 0.2) is 29.2 Å². The predicted octanol–water partition coefficient (Wildman–Crippen LogP) is 2.23. The summed E-state index contributed by atoms with van der Waals surface area (Å²) < 4.78 is 32.8. The van der Waals surface area contributed by atoms with Crippen LogP contribution in [0, 0.1) is 13.8 Å². The topological polar surface area (TPSA) is 84.1 Å². The van der Waals surface area contributed by atoms with E-state index in [0.29, 0.717) is 29.4 Å². The zero-order chi connectivity index (χ0) is 14.8. The van der Waals surface area contributed by atoms with E-state index < -0.39 is 10.0 Å². The van der Waals surface area contributed by atoms with Gasteiger partial charge in [0.2, 0.25) is 0 Å². The van der Waals surface area contributed by atoms with Gasteiger partial charge in [0.15, 0.2) is 0 Å². The minimum atomic E-state index is -3.70. The number of anilines is 1. The van der Waals surface area contributed by atoms with Gasteiger partial charge in [-0.05, 0) is 32.9 Å². The third-order valence-electron chi connectivity index (χ3n) is 2.76. The Morgan fingerprint density at radius 2 is 2.00 bits per heavy atom. The first-order valence-corrected chi connectivity index (χ1v) is 7.70. The SMILES string of the molecule is CCOc1ccccc1NS(=O)(=O)c1c(C)n[nH]c1C. The van der Waals surface area contributed by atoms with E-state index in [1.165, 1.54) is 0 Å². The van der Waals surface area contributed by atoms with Crippen molar-refractivity contribution in [2.24, 2.45) is 0 Å². The van der Waals surface area contributed by atoms with Crippen LogP contribution < -0.4 is 9.46 Å². The summed E-state index contributed by atoms with van der Waals surface area (Å²) in [6.07, 6.45) is 0. The molecule has 7 heteroatoms. The third kappa shape index (κ3) is 2.77. The molecule has 2 N–H and O–H groups in total. The van der Waals surface area contributed by atoms with E-state index in [1.807, 2.05) is 6.92 Å². The fraction of sp³-hybridized carbons (Fsp3) is 0.308. The summed E-state index contributed by atoms with van der Waals surface area (Å²) in [4.78, 5) is 0.170. The molecule has 0 fully saturated rings. The number of sulfonamides is 1. The highest BCUT2D eigenvalue weighted by Crippen LogP contribution is 2.27. The van der Waals surface area contributed by atoms with Crippen molar-refractivity contribution in [1.82, 2.24) is 10.2 Å². The zero-order valence-corrected chi connectivity index (χ0v) is 12.4. The van der Waals surface area contributed by atoms with Crippen LogP contribution in [-0.2, 0) is 10.0 Å². The molecule has 0 spiro atoms. The predicted molar refractivity (Wildman–Crippen MR) is 76.5 cm³/mol. The van der Waals surface area contributed by atoms with Crippen LogP contribution in [-0.4, -0.2) is 25.2 Å². The highest BCUT2D eigenvalue weighted by atomic mass is 32.2. The van der Waals surface area contributed by atoms with Gasteiger partial charge in [-0.1, -0.05) is 12.1 Å². The molecule has 1 aromatic heterocycles. The molecule has 0 saturated carbocycles. The first-order valence-electron chi connectivity index (χ1n) is 6.22. The monoisotopic (exact) mass is 295 g/mol. The van der Waals surface area contributed by atoms with Gasteiger partial charge in [0.1, 0.15) is 10.6 Å². The van der Waals surface area contributed by atoms with E-state index in [-0.39, 0.29) is 4.90 Å². The van der Waals surface area contributed by atoms with Crippen LogP contribution in [0.2, 0.25) is 0 Å². The molecule has 20 heavy (non-hydrogen) atoms. The number of benzene rings is 1. The van der Waals surface area contributed by atoms with Crippen LogP contribution in [0.1, 0.15) is 18.3 Å². The summed E-state index contributed by atoms with van der Waals surface area (Å²) >= 11 is 0. The quantitative estimate of drug-likeness (QED) is 0.886. The fourth-order valence-corrected chi connectivity index (χ4v) is 3.41. The standard InChI is InChI=1S/C13H17N3O3S/c1-4-19-12-8-6-5-7-11(12)16-20(17,18)13-9(2)14-15-10(13)3/h5-8,16H,4H2,1-3H3,(H,14,15). The van der Waals surface area contributed by atoms with Crippen molar-refractivity contribution in [2.45, 2.75) is 25.7 Å². The van der Waals surface area contributed by atoms with Crippen molar-refractivity contribution in [3.63, 3.8) is 0 Å². The van der Waals surface area contributed by atoms with E-state index in [2.05, 4.69) is 14.9 Å². The number of para-hydroxylation sites is 2. The molecular formula is C13H17N3O3S. The van der Waals surface area contributed by atoms with Crippen LogP contribution in [0.25, 0.3) is 0 Å². The molecule has 0 saturated heterocycles. The van der Waals surface area contributed by atoms with Crippen molar-refractivity contribution >= 4 is 15.7 Å². The van der Waals surface area contributed by atoms with E-state index in [9.17, 15) is 8.42 Å². The number of H-pyrrole nitrogens is 1. The Hall–Kier alpha value is -2.02. The number of ether oxygens (including phenoxy) is 1. The molecule has 0 unspecified atom stereocenters. The largest absolute Gasteiger partial charge is 0.492 e. The highest BCUT2D eigenvalue weighted by molar-refractivity contribution is 7.92. The van der Waals surface area contributed by atoms with Crippen molar-refractivity contribution in [2.75, 3.05) is 11.3 Å². The number of aromatic nitrogens is 2. The van der Waals surface area contributed by atoms with Crippen LogP contribution in [0.5, 0.6) is 5.75 Å². The van der Waals surface area contributed by atoms with Gasteiger partial charge in [0, 0.05) is 0 Å². The van der Waals surface area contributed by atoms with Gasteiger partial charge >= 0.3 is 0 Å². The summed E-state index contributed by atoms with van der Waals surface area (Å²) in [6, 6.07) is 6.91. The molecule has 0 aliphatic carbocycles. The molecule has 0 bridgehead atoms. The molecule has 2 rings (SSSR count). The number of hydrogen-bond acceptors (Lipinski definition) is 4. The van der Waals surface area contributed by atoms with Crippen LogP contribution in [0.4, 0.5) is 5.69 Å². The Balaban J connectivity index is 2.39. The smallest absolute Gasteiger partial charge is 0.265 e. The first kappa shape index (κ1) is 14.4. The molecule has 1 heterocycles. The number of aromatic amines is 1. The maximum atomic E-state index is 12.4. The zero-order valence-electron chi connectivity index (χ0n) is 11.6. The third-order valence-corrected chi connectivity index (χ3v) is 4.39. The molecule has 0 aliphatic rings. The molecular weight excluding hydrogens is 278 g/mol. The lowest BCUT2D eigenvalue weighted by atomic mass is 10.3. The van der Waals surface area contributed by atoms with Gasteiger partial charge in [0.25, 0.3) is 10.0 Å². The maximum Gasteiger partial charge on any atom is 0.265 e. The molecule has 2 aromatic rings. The highest BCUT2D eigenvalue weighted by Gasteiger charge is 2.23. The number of nitrogens with one attached hydrogen (secondary N) is 2. The second-order valence-corrected chi connectivity index (χ2v) is 5.92. The van der Waals surface area contributed by atoms with E-state index >= 15 is 0 Å². The van der Waals surface area contributed by atoms with Gasteiger partial charge in [0.05, 0.1) is 23.7 Å². The molecule has 0 radical (unpaired) electrons. The summed E-state index contributed by atoms with van der Waals surface area (Å²) in [5, 5.41) is 6.58. The second-order valence-electron chi connectivity index (χ2n) is 4.30. The molecule has 0 atom stereocenters. The van der Waals surface area contributed by atoms with Crippen molar-refractivity contribution in [1.29, 1.82) is 0 Å². The number of aryl methyl sites for hydroxylation is 2. The Morgan fingerprint density at radius 1 is 1.30 bits per heavy atom. The number of rotatable bonds is 5. The maximum absolute atomic E-state index is 12.4. The second kappa shape index (κ2) is 5.54. The number of hydrogen-bond donors (Lipinski definition) is 2. The van der Waals surface area contributed by atoms with Crippen molar-refractivity contribution < 1.29 is 13.2 Å². The Kier molecular flexibility index (Phi) is 3.99. The lowest BCUT2D eigenvalue weighted by Crippen LogP contribution is -2.15. The first-order chi connectivity index (χ1) is 9.45. The molecule has 0 aliphatic heterocycles. The van der Waals surface area contributed by atoms with Gasteiger partial charge in [-0.2, -0.15) is 5.10 Å². The normalized spacial score (nSPS) is 11.3. The minimum Gasteiger partial charge on any atom is -0.492 e. The molecule has 108 valence electrons. The minimum absolute atomic E-state index is 0.170. The lowest BCUT2D eigenvalue weighted by molar-refractivity contribution is 0.342. The fourth-order valence-electron chi connectivity index (χ4n) is 1.96. The van der Waals surface area contributed by atoms with Crippen molar-refractivity contribution in [3.8, 4) is 5.75 Å². The van der Waals surface area contributed by atoms with E-state index in [4.69, 9.17) is 4.74 Å². The summed E-state index contributed by atoms with van der Waals surface area (Å²) in [7, 11) is -3.70. The molecule has 1 aromatic carbocycles. The Bertz CT molecular complexity index is 688.